The molecule has 0 radical (unpaired) electrons. The number of amides is 2. The zero-order valence-corrected chi connectivity index (χ0v) is 41.5. The summed E-state index contributed by atoms with van der Waals surface area (Å²) in [4.78, 5) is 42.9. The van der Waals surface area contributed by atoms with E-state index in [0.29, 0.717) is 92.2 Å². The average molecular weight is 1010 g/mol. The Morgan fingerprint density at radius 2 is 1.54 bits per heavy atom. The molecule has 68 heavy (non-hydrogen) atoms. The Balaban J connectivity index is 1.54. The molecule has 374 valence electrons. The first-order valence-corrected chi connectivity index (χ1v) is 26.9. The maximum atomic E-state index is 12.5. The van der Waals surface area contributed by atoms with E-state index in [1.807, 2.05) is 46.7 Å². The van der Waals surface area contributed by atoms with Gasteiger partial charge in [-0.2, -0.15) is 25.3 Å². The number of hydrogen-bond donors (Lipinski definition) is 3. The number of ether oxygens (including phenoxy) is 2. The number of carbonyl (C=O) groups excluding carboxylic acids is 3. The number of anilines is 1. The highest BCUT2D eigenvalue weighted by Gasteiger charge is 2.44. The molecule has 3 N–H and O–H groups in total. The van der Waals surface area contributed by atoms with Crippen LogP contribution in [0.2, 0.25) is 0 Å². The number of rotatable bonds is 24. The van der Waals surface area contributed by atoms with Crippen LogP contribution in [0.25, 0.3) is 17.4 Å². The minimum atomic E-state index is -4.65. The predicted molar refractivity (Wildman–Crippen MR) is 252 cm³/mol. The van der Waals surface area contributed by atoms with Crippen LogP contribution in [0.3, 0.4) is 0 Å². The highest BCUT2D eigenvalue weighted by molar-refractivity contribution is 7.86. The summed E-state index contributed by atoms with van der Waals surface area (Å²) in [7, 11) is -11.6. The molecule has 0 bridgehead atoms. The third kappa shape index (κ3) is 14.8. The molecule has 1 atom stereocenters. The molecule has 1 aromatic rings. The Hall–Kier alpha value is -4.81. The van der Waals surface area contributed by atoms with Gasteiger partial charge in [-0.05, 0) is 91.6 Å². The lowest BCUT2D eigenvalue weighted by atomic mass is 9.77. The third-order valence-electron chi connectivity index (χ3n) is 11.8. The van der Waals surface area contributed by atoms with Crippen molar-refractivity contribution >= 4 is 59.9 Å². The molecule has 0 spiro atoms. The van der Waals surface area contributed by atoms with Crippen molar-refractivity contribution in [2.24, 2.45) is 0 Å². The summed E-state index contributed by atoms with van der Waals surface area (Å²) in [6, 6.07) is 11.8. The van der Waals surface area contributed by atoms with Gasteiger partial charge in [-0.25, -0.2) is 9.37 Å². The van der Waals surface area contributed by atoms with Crippen molar-refractivity contribution in [3.63, 3.8) is 0 Å². The van der Waals surface area contributed by atoms with E-state index in [1.165, 1.54) is 12.1 Å². The fraction of sp³-hybridized carbons (Fsp3) is 0.522. The number of benzene rings is 2. The van der Waals surface area contributed by atoms with E-state index in [9.17, 15) is 53.3 Å². The molecule has 3 aliphatic heterocycles. The van der Waals surface area contributed by atoms with E-state index in [4.69, 9.17) is 18.7 Å². The number of carbonyl (C=O) groups is 3. The summed E-state index contributed by atoms with van der Waals surface area (Å²) < 4.78 is 120. The molecule has 1 aliphatic carbocycles. The highest BCUT2D eigenvalue weighted by atomic mass is 32.2. The van der Waals surface area contributed by atoms with E-state index < -0.39 is 65.1 Å². The van der Waals surface area contributed by atoms with Crippen molar-refractivity contribution in [2.45, 2.75) is 101 Å². The van der Waals surface area contributed by atoms with Crippen molar-refractivity contribution in [2.75, 3.05) is 63.0 Å². The first kappa shape index (κ1) is 54.1. The van der Waals surface area contributed by atoms with Crippen LogP contribution in [0.15, 0.2) is 69.6 Å². The molecule has 5 rings (SSSR count). The standard InChI is InChI=1S/C46H61N3O16S3/c1-45(2,3)37-31-34(64-40-30-33(15-17-36(37)40)47(22-11-29-67(56,57)58)24-25-63-27-26-62-5)12-9-13-41-46(4,21-10-28-66(53,54)55)38-32-35(68(59,60)61)16-18-39(38)48(41)23-8-6-7-14-44(52)65-49-42(50)19-20-43(49)51/h9,12-13,15-18,30-32H,6-8,10-11,14,19-29H2,1-5H3,(H2-,53,54,55,56,57,58,59,60,61)/p+1. The Labute approximate surface area is 398 Å². The van der Waals surface area contributed by atoms with Gasteiger partial charge in [-0.1, -0.05) is 33.3 Å². The second-order valence-corrected chi connectivity index (χ2v) is 22.6. The van der Waals surface area contributed by atoms with Crippen LogP contribution in [0.4, 0.5) is 5.69 Å². The molecule has 1 saturated heterocycles. The normalized spacial score (nSPS) is 18.1. The molecule has 0 saturated carbocycles. The number of hydrogen-bond acceptors (Lipinski definition) is 14. The van der Waals surface area contributed by atoms with E-state index >= 15 is 0 Å². The summed E-state index contributed by atoms with van der Waals surface area (Å²) >= 11 is 0. The SMILES string of the molecule is COCCOCC[N+](CCCS(=O)(=O)O)=c1ccc2c(C(C)(C)C)cc(/C=C/C=C3/N(CCCCCC(=O)ON4C(=O)CCC4=O)c4ccc(S(=O)(=O)O)cc4C3(C)CCCS(=O)(=O)O)oc-2c1. The van der Waals surface area contributed by atoms with E-state index in [2.05, 4.69) is 20.8 Å². The van der Waals surface area contributed by atoms with Gasteiger partial charge < -0.3 is 23.6 Å². The first-order valence-electron chi connectivity index (χ1n) is 22.3. The predicted octanol–water partition coefficient (Wildman–Crippen LogP) is 5.15. The number of allylic oxidation sites excluding steroid dienone is 3. The minimum absolute atomic E-state index is 0.00665. The summed E-state index contributed by atoms with van der Waals surface area (Å²) in [5.41, 5.74) is 2.13. The highest BCUT2D eigenvalue weighted by Crippen LogP contribution is 2.51. The number of fused-ring (bicyclic) bond motifs is 2. The third-order valence-corrected chi connectivity index (χ3v) is 14.2. The number of imide groups is 1. The maximum Gasteiger partial charge on any atom is 0.333 e. The number of hydroxylamine groups is 2. The Morgan fingerprint density at radius 3 is 2.19 bits per heavy atom. The monoisotopic (exact) mass is 1010 g/mol. The minimum Gasteiger partial charge on any atom is -0.456 e. The smallest absolute Gasteiger partial charge is 0.333 e. The number of nitrogens with zero attached hydrogens (tertiary/aromatic N) is 3. The van der Waals surface area contributed by atoms with Gasteiger partial charge >= 0.3 is 5.97 Å². The Morgan fingerprint density at radius 1 is 0.853 bits per heavy atom. The van der Waals surface area contributed by atoms with Crippen LogP contribution in [0, 0.1) is 0 Å². The van der Waals surface area contributed by atoms with E-state index in [0.717, 1.165) is 16.5 Å². The molecule has 19 nitrogen and oxygen atoms in total. The largest absolute Gasteiger partial charge is 0.456 e. The second-order valence-electron chi connectivity index (χ2n) is 18.0. The van der Waals surface area contributed by atoms with Crippen molar-refractivity contribution < 1.29 is 72.0 Å². The molecule has 3 heterocycles. The molecule has 22 heteroatoms. The molecule has 1 fully saturated rings. The maximum absolute atomic E-state index is 12.5. The fourth-order valence-corrected chi connectivity index (χ4v) is 9.89. The summed E-state index contributed by atoms with van der Waals surface area (Å²) in [5.74, 6) is -1.86. The van der Waals surface area contributed by atoms with Gasteiger partial charge in [0, 0.05) is 67.8 Å². The van der Waals surface area contributed by atoms with Crippen molar-refractivity contribution in [1.82, 2.24) is 9.64 Å². The second kappa shape index (κ2) is 22.7. The zero-order valence-electron chi connectivity index (χ0n) is 39.0. The molecule has 0 aromatic heterocycles. The quantitative estimate of drug-likeness (QED) is 0.0453. The number of unbranched alkanes of at least 4 members (excludes halogenated alkanes) is 2. The van der Waals surface area contributed by atoms with Gasteiger partial charge in [-0.3, -0.25) is 23.2 Å². The van der Waals surface area contributed by atoms with Gasteiger partial charge in [0.15, 0.2) is 6.54 Å². The summed E-state index contributed by atoms with van der Waals surface area (Å²) in [6.45, 7) is 10.2. The van der Waals surface area contributed by atoms with Gasteiger partial charge in [0.05, 0.1) is 35.7 Å². The molecule has 1 unspecified atom stereocenters. The van der Waals surface area contributed by atoms with E-state index in [-0.39, 0.29) is 48.8 Å². The fourth-order valence-electron chi connectivity index (χ4n) is 8.38. The van der Waals surface area contributed by atoms with Crippen LogP contribution in [0.5, 0.6) is 0 Å². The lowest BCUT2D eigenvalue weighted by molar-refractivity contribution is -0.197. The lowest BCUT2D eigenvalue weighted by Gasteiger charge is -2.30. The van der Waals surface area contributed by atoms with Crippen LogP contribution in [0.1, 0.15) is 102 Å². The van der Waals surface area contributed by atoms with Gasteiger partial charge in [-0.15, -0.1) is 5.06 Å². The molecular weight excluding hydrogens is 947 g/mol. The van der Waals surface area contributed by atoms with Crippen LogP contribution < -0.4 is 14.8 Å². The van der Waals surface area contributed by atoms with Gasteiger partial charge in [0.2, 0.25) is 5.36 Å². The molecule has 2 amide bonds. The van der Waals surface area contributed by atoms with Crippen LogP contribution in [-0.2, 0) is 69.9 Å². The van der Waals surface area contributed by atoms with Gasteiger partial charge in [0.1, 0.15) is 24.7 Å². The van der Waals surface area contributed by atoms with Gasteiger partial charge in [0.25, 0.3) is 42.2 Å². The van der Waals surface area contributed by atoms with Crippen LogP contribution in [-0.4, -0.2) is 120 Å². The molecule has 1 aromatic carbocycles. The molecule has 4 aliphatic rings. The lowest BCUT2D eigenvalue weighted by Crippen LogP contribution is -2.35. The Kier molecular flexibility index (Phi) is 18.1. The van der Waals surface area contributed by atoms with Crippen molar-refractivity contribution in [1.29, 1.82) is 0 Å². The van der Waals surface area contributed by atoms with Crippen molar-refractivity contribution in [3.8, 4) is 11.3 Å². The molecular formula is C46H62N3O16S3+. The number of methoxy groups -OCH3 is 1. The topological polar surface area (TPSA) is 265 Å². The summed E-state index contributed by atoms with van der Waals surface area (Å²) in [5, 5.41) is 1.23. The van der Waals surface area contributed by atoms with Crippen molar-refractivity contribution in [3.05, 3.63) is 82.6 Å². The summed E-state index contributed by atoms with van der Waals surface area (Å²) in [6.07, 6.45) is 6.86. The Bertz CT molecular complexity index is 2760. The van der Waals surface area contributed by atoms with E-state index in [1.54, 1.807) is 25.3 Å². The first-order chi connectivity index (χ1) is 31.8. The van der Waals surface area contributed by atoms with Crippen LogP contribution >= 0.6 is 0 Å². The average Bonchev–Trinajstić information content (AvgIpc) is 3.67. The zero-order chi connectivity index (χ0) is 50.1.